The Balaban J connectivity index is 1.60. The fourth-order valence-corrected chi connectivity index (χ4v) is 3.70. The van der Waals surface area contributed by atoms with Crippen LogP contribution < -0.4 is 10.2 Å². The number of aldehydes is 1. The summed E-state index contributed by atoms with van der Waals surface area (Å²) in [5.74, 6) is -0.533. The third-order valence-electron chi connectivity index (χ3n) is 4.80. The second-order valence-corrected chi connectivity index (χ2v) is 7.51. The minimum absolute atomic E-state index is 0.0631. The number of benzene rings is 2. The van der Waals surface area contributed by atoms with Crippen molar-refractivity contribution in [2.24, 2.45) is 5.92 Å². The summed E-state index contributed by atoms with van der Waals surface area (Å²) < 4.78 is 39.0. The molecule has 0 unspecified atom stereocenters. The first-order chi connectivity index (χ1) is 13.3. The molecule has 3 rings (SSSR count). The van der Waals surface area contributed by atoms with Crippen molar-refractivity contribution >= 4 is 39.5 Å². The van der Waals surface area contributed by atoms with Crippen LogP contribution in [-0.2, 0) is 11.0 Å². The third-order valence-corrected chi connectivity index (χ3v) is 5.49. The van der Waals surface area contributed by atoms with Crippen LogP contribution in [0.2, 0.25) is 0 Å². The molecule has 0 saturated carbocycles. The molecule has 0 aromatic heterocycles. The normalized spacial score (nSPS) is 15.4. The summed E-state index contributed by atoms with van der Waals surface area (Å²) in [5.41, 5.74) is 0.893. The standard InChI is InChI=1S/C20H18BrF3N2O2/c21-18-6-3-15(11-17(18)20(22,23)24)25-19(28)14-7-9-26(10-8-14)16-4-1-13(12-27)2-5-16/h1-6,11-12,14H,7-10H2,(H,25,28). The molecule has 0 radical (unpaired) electrons. The van der Waals surface area contributed by atoms with E-state index in [9.17, 15) is 22.8 Å². The summed E-state index contributed by atoms with van der Waals surface area (Å²) >= 11 is 2.89. The molecule has 1 heterocycles. The molecule has 4 nitrogen and oxygen atoms in total. The van der Waals surface area contributed by atoms with Gasteiger partial charge in [0.25, 0.3) is 0 Å². The van der Waals surface area contributed by atoms with Gasteiger partial charge in [0.1, 0.15) is 6.29 Å². The summed E-state index contributed by atoms with van der Waals surface area (Å²) in [6, 6.07) is 10.9. The number of anilines is 2. The summed E-state index contributed by atoms with van der Waals surface area (Å²) in [6.45, 7) is 1.32. The molecule has 0 spiro atoms. The Morgan fingerprint density at radius 1 is 1.11 bits per heavy atom. The number of nitrogens with one attached hydrogen (secondary N) is 1. The van der Waals surface area contributed by atoms with E-state index in [4.69, 9.17) is 0 Å². The second kappa shape index (κ2) is 8.34. The zero-order valence-electron chi connectivity index (χ0n) is 14.8. The SMILES string of the molecule is O=Cc1ccc(N2CCC(C(=O)Nc3ccc(Br)c(C(F)(F)F)c3)CC2)cc1. The van der Waals surface area contributed by atoms with Crippen molar-refractivity contribution in [2.45, 2.75) is 19.0 Å². The highest BCUT2D eigenvalue weighted by atomic mass is 79.9. The smallest absolute Gasteiger partial charge is 0.371 e. The van der Waals surface area contributed by atoms with Gasteiger partial charge in [-0.15, -0.1) is 0 Å². The first-order valence-electron chi connectivity index (χ1n) is 8.76. The van der Waals surface area contributed by atoms with Gasteiger partial charge in [0, 0.05) is 40.4 Å². The molecule has 1 N–H and O–H groups in total. The lowest BCUT2D eigenvalue weighted by atomic mass is 9.95. The van der Waals surface area contributed by atoms with Gasteiger partial charge in [-0.05, 0) is 55.3 Å². The zero-order chi connectivity index (χ0) is 20.3. The molecule has 1 amide bonds. The topological polar surface area (TPSA) is 49.4 Å². The van der Waals surface area contributed by atoms with Crippen molar-refractivity contribution in [1.82, 2.24) is 0 Å². The Kier molecular flexibility index (Phi) is 6.07. The molecule has 1 aliphatic rings. The number of hydrogen-bond donors (Lipinski definition) is 1. The van der Waals surface area contributed by atoms with Gasteiger partial charge >= 0.3 is 6.18 Å². The second-order valence-electron chi connectivity index (χ2n) is 6.65. The van der Waals surface area contributed by atoms with Gasteiger partial charge in [0.05, 0.1) is 5.56 Å². The Bertz CT molecular complexity index is 861. The fraction of sp³-hybridized carbons (Fsp3) is 0.300. The fourth-order valence-electron chi connectivity index (χ4n) is 3.23. The number of halogens is 4. The van der Waals surface area contributed by atoms with Crippen LogP contribution in [-0.4, -0.2) is 25.3 Å². The Hall–Kier alpha value is -2.35. The average Bonchev–Trinajstić information content (AvgIpc) is 2.69. The van der Waals surface area contributed by atoms with E-state index in [-0.39, 0.29) is 22.0 Å². The summed E-state index contributed by atoms with van der Waals surface area (Å²) in [6.07, 6.45) is -2.51. The number of carbonyl (C=O) groups is 2. The molecule has 28 heavy (non-hydrogen) atoms. The Labute approximate surface area is 168 Å². The van der Waals surface area contributed by atoms with Crippen molar-refractivity contribution in [3.63, 3.8) is 0 Å². The van der Waals surface area contributed by atoms with Crippen LogP contribution in [0.15, 0.2) is 46.9 Å². The summed E-state index contributed by atoms with van der Waals surface area (Å²) in [7, 11) is 0. The van der Waals surface area contributed by atoms with E-state index in [0.717, 1.165) is 18.0 Å². The van der Waals surface area contributed by atoms with Crippen LogP contribution in [0.4, 0.5) is 24.5 Å². The largest absolute Gasteiger partial charge is 0.417 e. The molecule has 0 aliphatic carbocycles. The summed E-state index contributed by atoms with van der Waals surface area (Å²) in [4.78, 5) is 25.3. The molecule has 2 aromatic carbocycles. The van der Waals surface area contributed by atoms with Gasteiger partial charge in [-0.1, -0.05) is 15.9 Å². The average molecular weight is 455 g/mol. The van der Waals surface area contributed by atoms with Crippen molar-refractivity contribution < 1.29 is 22.8 Å². The number of alkyl halides is 3. The van der Waals surface area contributed by atoms with Gasteiger partial charge < -0.3 is 10.2 Å². The number of carbonyl (C=O) groups excluding carboxylic acids is 2. The van der Waals surface area contributed by atoms with Gasteiger partial charge in [-0.25, -0.2) is 0 Å². The lowest BCUT2D eigenvalue weighted by Crippen LogP contribution is -2.38. The number of rotatable bonds is 4. The Morgan fingerprint density at radius 2 is 1.75 bits per heavy atom. The maximum absolute atomic E-state index is 13.0. The molecule has 0 atom stereocenters. The van der Waals surface area contributed by atoms with E-state index in [1.54, 1.807) is 12.1 Å². The third kappa shape index (κ3) is 4.73. The van der Waals surface area contributed by atoms with Gasteiger partial charge in [-0.3, -0.25) is 9.59 Å². The molecule has 2 aromatic rings. The van der Waals surface area contributed by atoms with Gasteiger partial charge in [-0.2, -0.15) is 13.2 Å². The number of piperidine rings is 1. The van der Waals surface area contributed by atoms with Gasteiger partial charge in [0.15, 0.2) is 0 Å². The molecule has 1 saturated heterocycles. The van der Waals surface area contributed by atoms with Gasteiger partial charge in [0.2, 0.25) is 5.91 Å². The maximum Gasteiger partial charge on any atom is 0.417 e. The molecular weight excluding hydrogens is 437 g/mol. The Morgan fingerprint density at radius 3 is 2.32 bits per heavy atom. The van der Waals surface area contributed by atoms with E-state index in [0.29, 0.717) is 31.5 Å². The van der Waals surface area contributed by atoms with E-state index in [1.807, 2.05) is 12.1 Å². The van der Waals surface area contributed by atoms with Crippen LogP contribution in [0, 0.1) is 5.92 Å². The predicted molar refractivity (Wildman–Crippen MR) is 105 cm³/mol. The molecule has 0 bridgehead atoms. The molecule has 1 fully saturated rings. The lowest BCUT2D eigenvalue weighted by Gasteiger charge is -2.33. The lowest BCUT2D eigenvalue weighted by molar-refractivity contribution is -0.138. The van der Waals surface area contributed by atoms with Crippen LogP contribution in [0.3, 0.4) is 0 Å². The maximum atomic E-state index is 13.0. The summed E-state index contributed by atoms with van der Waals surface area (Å²) in [5, 5.41) is 2.60. The minimum Gasteiger partial charge on any atom is -0.371 e. The first kappa shape index (κ1) is 20.4. The quantitative estimate of drug-likeness (QED) is 0.651. The number of amides is 1. The highest BCUT2D eigenvalue weighted by Gasteiger charge is 2.33. The monoisotopic (exact) mass is 454 g/mol. The number of hydrogen-bond acceptors (Lipinski definition) is 3. The van der Waals surface area contributed by atoms with E-state index < -0.39 is 11.7 Å². The minimum atomic E-state index is -4.50. The van der Waals surface area contributed by atoms with Crippen molar-refractivity contribution in [2.75, 3.05) is 23.3 Å². The van der Waals surface area contributed by atoms with Crippen LogP contribution in [0.5, 0.6) is 0 Å². The molecule has 148 valence electrons. The predicted octanol–water partition coefficient (Wildman–Crippen LogP) is 5.14. The first-order valence-corrected chi connectivity index (χ1v) is 9.55. The van der Waals surface area contributed by atoms with E-state index in [1.165, 1.54) is 12.1 Å². The number of nitrogens with zero attached hydrogens (tertiary/aromatic N) is 1. The molecule has 1 aliphatic heterocycles. The highest BCUT2D eigenvalue weighted by molar-refractivity contribution is 9.10. The molecule has 8 heteroatoms. The highest BCUT2D eigenvalue weighted by Crippen LogP contribution is 2.36. The van der Waals surface area contributed by atoms with Crippen molar-refractivity contribution in [3.05, 3.63) is 58.1 Å². The van der Waals surface area contributed by atoms with Crippen molar-refractivity contribution in [3.8, 4) is 0 Å². The van der Waals surface area contributed by atoms with E-state index >= 15 is 0 Å². The molecular formula is C20H18BrF3N2O2. The van der Waals surface area contributed by atoms with E-state index in [2.05, 4.69) is 26.1 Å². The van der Waals surface area contributed by atoms with Crippen LogP contribution >= 0.6 is 15.9 Å². The van der Waals surface area contributed by atoms with Crippen LogP contribution in [0.1, 0.15) is 28.8 Å². The van der Waals surface area contributed by atoms with Crippen molar-refractivity contribution in [1.29, 1.82) is 0 Å². The van der Waals surface area contributed by atoms with Crippen LogP contribution in [0.25, 0.3) is 0 Å². The zero-order valence-corrected chi connectivity index (χ0v) is 16.4.